The van der Waals surface area contributed by atoms with Gasteiger partial charge in [-0.3, -0.25) is 0 Å². The van der Waals surface area contributed by atoms with Gasteiger partial charge in [-0.2, -0.15) is 0 Å². The maximum absolute atomic E-state index is 5.87. The molecule has 0 N–H and O–H groups in total. The van der Waals surface area contributed by atoms with Gasteiger partial charge in [0, 0.05) is 17.0 Å². The third-order valence-electron chi connectivity index (χ3n) is 4.39. The number of imidazole rings is 1. The fourth-order valence-corrected chi connectivity index (χ4v) is 4.71. The second kappa shape index (κ2) is 3.93. The van der Waals surface area contributed by atoms with Crippen LogP contribution in [0.1, 0.15) is 37.6 Å². The molecule has 2 aliphatic heterocycles. The predicted molar refractivity (Wildman–Crippen MR) is 76.4 cm³/mol. The van der Waals surface area contributed by atoms with Crippen LogP contribution >= 0.6 is 11.3 Å². The topological polar surface area (TPSA) is 27.1 Å². The van der Waals surface area contributed by atoms with Gasteiger partial charge < -0.3 is 9.30 Å². The molecule has 0 bridgehead atoms. The van der Waals surface area contributed by atoms with Gasteiger partial charge >= 0.3 is 0 Å². The molecule has 0 radical (unpaired) electrons. The third-order valence-corrected chi connectivity index (χ3v) is 5.37. The molecule has 4 heteroatoms. The smallest absolute Gasteiger partial charge is 0.0957 e. The average Bonchev–Trinajstić information content (AvgIpc) is 2.98. The Bertz CT molecular complexity index is 573. The fourth-order valence-electron chi connectivity index (χ4n) is 3.61. The number of thiophene rings is 1. The first-order valence-electron chi connectivity index (χ1n) is 6.89. The normalized spacial score (nSPS) is 28.1. The number of hydrogen-bond donors (Lipinski definition) is 0. The third kappa shape index (κ3) is 1.70. The van der Waals surface area contributed by atoms with Gasteiger partial charge in [0.2, 0.25) is 0 Å². The van der Waals surface area contributed by atoms with Gasteiger partial charge in [-0.25, -0.2) is 4.98 Å². The van der Waals surface area contributed by atoms with E-state index in [0.717, 1.165) is 19.4 Å². The quantitative estimate of drug-likeness (QED) is 0.792. The average molecular weight is 274 g/mol. The Labute approximate surface area is 117 Å². The van der Waals surface area contributed by atoms with Crippen LogP contribution in [0.5, 0.6) is 0 Å². The van der Waals surface area contributed by atoms with E-state index in [4.69, 9.17) is 4.74 Å². The summed E-state index contributed by atoms with van der Waals surface area (Å²) in [5.41, 5.74) is 2.67. The lowest BCUT2D eigenvalue weighted by Crippen LogP contribution is -2.37. The molecule has 0 aromatic carbocycles. The van der Waals surface area contributed by atoms with Gasteiger partial charge in [-0.05, 0) is 44.1 Å². The van der Waals surface area contributed by atoms with Crippen LogP contribution in [0.3, 0.4) is 0 Å². The van der Waals surface area contributed by atoms with Crippen molar-refractivity contribution in [3.63, 3.8) is 0 Å². The maximum atomic E-state index is 5.87. The zero-order chi connectivity index (χ0) is 13.0. The molecule has 3 nitrogen and oxygen atoms in total. The van der Waals surface area contributed by atoms with Crippen LogP contribution in [-0.4, -0.2) is 21.8 Å². The molecule has 0 amide bonds. The largest absolute Gasteiger partial charge is 0.376 e. The van der Waals surface area contributed by atoms with Gasteiger partial charge in [-0.15, -0.1) is 11.3 Å². The van der Waals surface area contributed by atoms with Crippen molar-refractivity contribution in [3.8, 4) is 11.3 Å². The molecule has 2 atom stereocenters. The molecule has 2 aliphatic rings. The van der Waals surface area contributed by atoms with Gasteiger partial charge in [0.05, 0.1) is 29.9 Å². The molecule has 0 saturated carbocycles. The second-order valence-corrected chi connectivity index (χ2v) is 7.14. The van der Waals surface area contributed by atoms with Crippen LogP contribution in [-0.2, 0) is 4.74 Å². The molecule has 100 valence electrons. The highest BCUT2D eigenvalue weighted by Crippen LogP contribution is 2.49. The Morgan fingerprint density at radius 2 is 2.37 bits per heavy atom. The number of aromatic nitrogens is 2. The summed E-state index contributed by atoms with van der Waals surface area (Å²) in [6.07, 6.45) is 6.25. The van der Waals surface area contributed by atoms with Crippen LogP contribution in [0.25, 0.3) is 11.3 Å². The van der Waals surface area contributed by atoms with E-state index < -0.39 is 0 Å². The van der Waals surface area contributed by atoms with Crippen molar-refractivity contribution in [2.45, 2.75) is 38.3 Å². The molecule has 1 saturated heterocycles. The lowest BCUT2D eigenvalue weighted by molar-refractivity contribution is -0.0778. The molecular weight excluding hydrogens is 256 g/mol. The molecule has 4 rings (SSSR count). The Morgan fingerprint density at radius 3 is 3.21 bits per heavy atom. The van der Waals surface area contributed by atoms with Crippen molar-refractivity contribution in [3.05, 3.63) is 28.8 Å². The van der Waals surface area contributed by atoms with Crippen molar-refractivity contribution >= 4 is 11.3 Å². The van der Waals surface area contributed by atoms with Gasteiger partial charge in [0.1, 0.15) is 0 Å². The van der Waals surface area contributed by atoms with E-state index in [-0.39, 0.29) is 5.60 Å². The monoisotopic (exact) mass is 274 g/mol. The lowest BCUT2D eigenvalue weighted by Gasteiger charge is -2.38. The highest BCUT2D eigenvalue weighted by molar-refractivity contribution is 7.10. The molecule has 2 aromatic rings. The summed E-state index contributed by atoms with van der Waals surface area (Å²) in [6.45, 7) is 5.29. The molecule has 0 aliphatic carbocycles. The zero-order valence-electron chi connectivity index (χ0n) is 11.3. The van der Waals surface area contributed by atoms with Crippen molar-refractivity contribution in [2.24, 2.45) is 5.92 Å². The predicted octanol–water partition coefficient (Wildman–Crippen LogP) is 3.72. The lowest BCUT2D eigenvalue weighted by atomic mass is 9.83. The van der Waals surface area contributed by atoms with E-state index in [1.807, 2.05) is 23.9 Å². The molecule has 4 heterocycles. The first-order valence-corrected chi connectivity index (χ1v) is 7.77. The van der Waals surface area contributed by atoms with E-state index in [1.54, 1.807) is 0 Å². The second-order valence-electron chi connectivity index (χ2n) is 6.19. The summed E-state index contributed by atoms with van der Waals surface area (Å²) < 4.78 is 8.24. The number of rotatable bonds is 1. The molecule has 0 spiro atoms. The number of fused-ring (bicyclic) bond motifs is 3. The van der Waals surface area contributed by atoms with Gasteiger partial charge in [0.15, 0.2) is 0 Å². The summed E-state index contributed by atoms with van der Waals surface area (Å²) in [6, 6.07) is 2.70. The van der Waals surface area contributed by atoms with Gasteiger partial charge in [-0.1, -0.05) is 0 Å². The number of ether oxygens (including phenoxy) is 1. The Hall–Kier alpha value is -1.13. The molecule has 19 heavy (non-hydrogen) atoms. The highest BCUT2D eigenvalue weighted by Gasteiger charge is 2.40. The maximum Gasteiger partial charge on any atom is 0.0957 e. The highest BCUT2D eigenvalue weighted by atomic mass is 32.1. The molecule has 2 aromatic heterocycles. The zero-order valence-corrected chi connectivity index (χ0v) is 12.1. The Morgan fingerprint density at radius 1 is 1.47 bits per heavy atom. The van der Waals surface area contributed by atoms with Gasteiger partial charge in [0.25, 0.3) is 0 Å². The Balaban J connectivity index is 1.76. The van der Waals surface area contributed by atoms with Crippen LogP contribution in [0.4, 0.5) is 0 Å². The van der Waals surface area contributed by atoms with E-state index in [9.17, 15) is 0 Å². The number of hydrogen-bond acceptors (Lipinski definition) is 3. The summed E-state index contributed by atoms with van der Waals surface area (Å²) in [7, 11) is 0. The summed E-state index contributed by atoms with van der Waals surface area (Å²) in [5.74, 6) is 0.650. The fraction of sp³-hybridized carbons (Fsp3) is 0.533. The molecule has 1 fully saturated rings. The standard InChI is InChI=1S/C15H18N2OS/c1-15(2)7-10(3-5-18-15)13-14-11(4-6-19-14)12-8-16-9-17(12)13/h4,6,8-10,13H,3,5,7H2,1-2H3/t10-,13?/m0/s1. The molecular formula is C15H18N2OS. The van der Waals surface area contributed by atoms with E-state index in [2.05, 4.69) is 34.8 Å². The first kappa shape index (κ1) is 11.7. The number of nitrogens with zero attached hydrogens (tertiary/aromatic N) is 2. The van der Waals surface area contributed by atoms with Crippen molar-refractivity contribution < 1.29 is 4.74 Å². The molecule has 1 unspecified atom stereocenters. The van der Waals surface area contributed by atoms with Crippen LogP contribution < -0.4 is 0 Å². The summed E-state index contributed by atoms with van der Waals surface area (Å²) in [5, 5.41) is 2.21. The minimum absolute atomic E-state index is 0.00365. The summed E-state index contributed by atoms with van der Waals surface area (Å²) in [4.78, 5) is 5.85. The minimum atomic E-state index is 0.00365. The van der Waals surface area contributed by atoms with Crippen molar-refractivity contribution in [1.82, 2.24) is 9.55 Å². The minimum Gasteiger partial charge on any atom is -0.376 e. The van der Waals surface area contributed by atoms with Crippen LogP contribution in [0, 0.1) is 5.92 Å². The van der Waals surface area contributed by atoms with Crippen molar-refractivity contribution in [1.29, 1.82) is 0 Å². The van der Waals surface area contributed by atoms with E-state index in [1.165, 1.54) is 16.1 Å². The van der Waals surface area contributed by atoms with Crippen molar-refractivity contribution in [2.75, 3.05) is 6.61 Å². The Kier molecular flexibility index (Phi) is 2.42. The SMILES string of the molecule is CC1(C)C[C@@H](C2c3sccc3-c3cncn32)CCO1. The van der Waals surface area contributed by atoms with E-state index >= 15 is 0 Å². The van der Waals surface area contributed by atoms with Crippen LogP contribution in [0.2, 0.25) is 0 Å². The van der Waals surface area contributed by atoms with E-state index in [0.29, 0.717) is 12.0 Å². The van der Waals surface area contributed by atoms with Crippen LogP contribution in [0.15, 0.2) is 24.0 Å². The first-order chi connectivity index (χ1) is 9.16. The summed E-state index contributed by atoms with van der Waals surface area (Å²) >= 11 is 1.89.